The molecule has 3 aromatic rings. The Morgan fingerprint density at radius 3 is 2.37 bits per heavy atom. The molecule has 138 valence electrons. The molecule has 0 unspecified atom stereocenters. The third-order valence-electron chi connectivity index (χ3n) is 3.51. The van der Waals surface area contributed by atoms with Crippen molar-refractivity contribution in [1.29, 1.82) is 0 Å². The Labute approximate surface area is 193 Å². The van der Waals surface area contributed by atoms with Gasteiger partial charge in [-0.05, 0) is 99.8 Å². The summed E-state index contributed by atoms with van der Waals surface area (Å²) in [5.41, 5.74) is 0.794. The number of rotatable bonds is 4. The number of halogens is 4. The van der Waals surface area contributed by atoms with Crippen molar-refractivity contribution >= 4 is 80.0 Å². The molecule has 0 aromatic heterocycles. The molecule has 0 radical (unpaired) electrons. The summed E-state index contributed by atoms with van der Waals surface area (Å²) < 4.78 is 7.20. The van der Waals surface area contributed by atoms with E-state index >= 15 is 0 Å². The average Bonchev–Trinajstić information content (AvgIpc) is 2.62. The van der Waals surface area contributed by atoms with E-state index in [1.54, 1.807) is 54.6 Å². The number of aromatic hydroxyl groups is 1. The van der Waals surface area contributed by atoms with Crippen molar-refractivity contribution in [1.82, 2.24) is 0 Å². The van der Waals surface area contributed by atoms with Gasteiger partial charge in [-0.3, -0.25) is 4.79 Å². The average molecular weight is 626 g/mol. The predicted octanol–water partition coefficient (Wildman–Crippen LogP) is 6.95. The number of phenols is 1. The van der Waals surface area contributed by atoms with Crippen molar-refractivity contribution in [2.75, 3.05) is 5.32 Å². The normalized spacial score (nSPS) is 10.5. The molecule has 4 nitrogen and oxygen atoms in total. The van der Waals surface area contributed by atoms with Crippen LogP contribution in [0.15, 0.2) is 54.6 Å². The maximum absolute atomic E-state index is 12.5. The quantitative estimate of drug-likeness (QED) is 0.309. The number of carbonyl (C=O) groups excluding carboxylic acids is 1. The van der Waals surface area contributed by atoms with E-state index in [9.17, 15) is 9.90 Å². The van der Waals surface area contributed by atoms with Gasteiger partial charge in [0, 0.05) is 14.3 Å². The molecule has 0 saturated carbocycles. The van der Waals surface area contributed by atoms with Crippen molar-refractivity contribution in [3.8, 4) is 17.2 Å². The molecule has 0 fully saturated rings. The second kappa shape index (κ2) is 8.85. The van der Waals surface area contributed by atoms with Crippen LogP contribution in [0.5, 0.6) is 17.2 Å². The Morgan fingerprint density at radius 1 is 1.00 bits per heavy atom. The first-order chi connectivity index (χ1) is 12.8. The Morgan fingerprint density at radius 2 is 1.70 bits per heavy atom. The summed E-state index contributed by atoms with van der Waals surface area (Å²) in [7, 11) is 0. The largest absolute Gasteiger partial charge is 0.506 e. The lowest BCUT2D eigenvalue weighted by Crippen LogP contribution is -2.12. The van der Waals surface area contributed by atoms with Gasteiger partial charge in [-0.1, -0.05) is 23.2 Å². The third-order valence-corrected chi connectivity index (χ3v) is 5.48. The highest BCUT2D eigenvalue weighted by Crippen LogP contribution is 2.32. The molecule has 0 atom stereocenters. The number of hydrogen-bond donors (Lipinski definition) is 2. The molecule has 0 aliphatic carbocycles. The van der Waals surface area contributed by atoms with Crippen LogP contribution >= 0.6 is 68.4 Å². The number of nitrogens with one attached hydrogen (secondary N) is 1. The van der Waals surface area contributed by atoms with Gasteiger partial charge in [0.2, 0.25) is 0 Å². The Hall–Kier alpha value is -1.23. The monoisotopic (exact) mass is 625 g/mol. The first-order valence-electron chi connectivity index (χ1n) is 7.56. The summed E-state index contributed by atoms with van der Waals surface area (Å²) in [6.45, 7) is 0. The summed E-state index contributed by atoms with van der Waals surface area (Å²) >= 11 is 16.1. The van der Waals surface area contributed by atoms with Crippen molar-refractivity contribution in [2.24, 2.45) is 0 Å². The minimum absolute atomic E-state index is 0.0363. The van der Waals surface area contributed by atoms with Gasteiger partial charge in [-0.2, -0.15) is 0 Å². The summed E-state index contributed by atoms with van der Waals surface area (Å²) in [5, 5.41) is 13.8. The zero-order valence-corrected chi connectivity index (χ0v) is 19.3. The molecule has 0 heterocycles. The van der Waals surface area contributed by atoms with Crippen molar-refractivity contribution in [2.45, 2.75) is 0 Å². The van der Waals surface area contributed by atoms with Crippen LogP contribution in [0.25, 0.3) is 0 Å². The molecule has 1 amide bonds. The van der Waals surface area contributed by atoms with Crippen molar-refractivity contribution in [3.63, 3.8) is 0 Å². The van der Waals surface area contributed by atoms with E-state index in [2.05, 4.69) is 27.9 Å². The fourth-order valence-electron chi connectivity index (χ4n) is 2.23. The van der Waals surface area contributed by atoms with E-state index in [1.807, 2.05) is 22.6 Å². The van der Waals surface area contributed by atoms with Gasteiger partial charge in [0.05, 0.1) is 14.2 Å². The first kappa shape index (κ1) is 20.5. The second-order valence-corrected chi connectivity index (χ2v) is 8.69. The standard InChI is InChI=1S/C19H11Cl2I2NO3/c20-10-1-6-17(15(21)7-10)27-13-4-2-12(3-5-13)24-19(26)14-8-11(22)9-16(23)18(14)25/h1-9,25H,(H,24,26). The minimum atomic E-state index is -0.390. The molecular weight excluding hydrogens is 615 g/mol. The third kappa shape index (κ3) is 5.18. The Kier molecular flexibility index (Phi) is 6.72. The summed E-state index contributed by atoms with van der Waals surface area (Å²) in [4.78, 5) is 12.5. The molecular formula is C19H11Cl2I2NO3. The SMILES string of the molecule is O=C(Nc1ccc(Oc2ccc(Cl)cc2Cl)cc1)c1cc(I)cc(I)c1O. The zero-order valence-electron chi connectivity index (χ0n) is 13.5. The van der Waals surface area contributed by atoms with Gasteiger partial charge in [0.1, 0.15) is 17.2 Å². The van der Waals surface area contributed by atoms with Crippen LogP contribution < -0.4 is 10.1 Å². The highest BCUT2D eigenvalue weighted by molar-refractivity contribution is 14.1. The van der Waals surface area contributed by atoms with Crippen molar-refractivity contribution in [3.05, 3.63) is 77.3 Å². The number of amides is 1. The van der Waals surface area contributed by atoms with Crippen molar-refractivity contribution < 1.29 is 14.6 Å². The molecule has 0 saturated heterocycles. The summed E-state index contributed by atoms with van der Waals surface area (Å²) in [6, 6.07) is 15.2. The number of phenolic OH excluding ortho intramolecular Hbond substituents is 1. The number of ether oxygens (including phenoxy) is 1. The fraction of sp³-hybridized carbons (Fsp3) is 0. The lowest BCUT2D eigenvalue weighted by atomic mass is 10.2. The van der Waals surface area contributed by atoms with Crippen LogP contribution in [0.3, 0.4) is 0 Å². The topological polar surface area (TPSA) is 58.6 Å². The Bertz CT molecular complexity index is 1010. The van der Waals surface area contributed by atoms with Gasteiger partial charge in [0.25, 0.3) is 5.91 Å². The molecule has 2 N–H and O–H groups in total. The molecule has 0 aliphatic rings. The molecule has 3 aromatic carbocycles. The highest BCUT2D eigenvalue weighted by Gasteiger charge is 2.15. The maximum atomic E-state index is 12.5. The highest BCUT2D eigenvalue weighted by atomic mass is 127. The van der Waals surface area contributed by atoms with Crippen LogP contribution in [0.4, 0.5) is 5.69 Å². The van der Waals surface area contributed by atoms with Gasteiger partial charge < -0.3 is 15.2 Å². The molecule has 27 heavy (non-hydrogen) atoms. The van der Waals surface area contributed by atoms with E-state index in [1.165, 1.54) is 0 Å². The zero-order chi connectivity index (χ0) is 19.6. The van der Waals surface area contributed by atoms with Crippen LogP contribution in [-0.4, -0.2) is 11.0 Å². The number of hydrogen-bond acceptors (Lipinski definition) is 3. The van der Waals surface area contributed by atoms with E-state index in [0.29, 0.717) is 30.8 Å². The van der Waals surface area contributed by atoms with Gasteiger partial charge in [-0.25, -0.2) is 0 Å². The molecule has 0 spiro atoms. The van der Waals surface area contributed by atoms with E-state index in [-0.39, 0.29) is 11.3 Å². The lowest BCUT2D eigenvalue weighted by Gasteiger charge is -2.11. The van der Waals surface area contributed by atoms with Crippen LogP contribution in [0.2, 0.25) is 10.0 Å². The van der Waals surface area contributed by atoms with E-state index in [0.717, 1.165) is 3.57 Å². The number of anilines is 1. The summed E-state index contributed by atoms with van der Waals surface area (Å²) in [6.07, 6.45) is 0. The molecule has 8 heteroatoms. The second-order valence-electron chi connectivity index (χ2n) is 5.44. The van der Waals surface area contributed by atoms with Gasteiger partial charge in [0.15, 0.2) is 0 Å². The van der Waals surface area contributed by atoms with E-state index in [4.69, 9.17) is 27.9 Å². The maximum Gasteiger partial charge on any atom is 0.259 e. The lowest BCUT2D eigenvalue weighted by molar-refractivity contribution is 0.102. The van der Waals surface area contributed by atoms with Gasteiger partial charge in [-0.15, -0.1) is 0 Å². The molecule has 3 rings (SSSR count). The van der Waals surface area contributed by atoms with E-state index < -0.39 is 5.91 Å². The van der Waals surface area contributed by atoms with Gasteiger partial charge >= 0.3 is 0 Å². The molecule has 0 bridgehead atoms. The number of carbonyl (C=O) groups is 1. The first-order valence-corrected chi connectivity index (χ1v) is 10.5. The fourth-order valence-corrected chi connectivity index (χ4v) is 4.52. The smallest absolute Gasteiger partial charge is 0.259 e. The summed E-state index contributed by atoms with van der Waals surface area (Å²) in [5.74, 6) is 0.615. The van der Waals surface area contributed by atoms with Crippen LogP contribution in [-0.2, 0) is 0 Å². The molecule has 0 aliphatic heterocycles. The van der Waals surface area contributed by atoms with Crippen LogP contribution in [0.1, 0.15) is 10.4 Å². The van der Waals surface area contributed by atoms with Crippen LogP contribution in [0, 0.1) is 7.14 Å². The number of benzene rings is 3. The predicted molar refractivity (Wildman–Crippen MR) is 124 cm³/mol. The Balaban J connectivity index is 1.73. The minimum Gasteiger partial charge on any atom is -0.506 e.